The molecule has 4 N–H and O–H groups in total. The number of phenolic OH excluding ortho intramolecular Hbond substituents is 2. The molecule has 0 saturated heterocycles. The molecule has 0 atom stereocenters. The Morgan fingerprint density at radius 3 is 1.91 bits per heavy atom. The van der Waals surface area contributed by atoms with Crippen molar-refractivity contribution < 1.29 is 14.9 Å². The molecule has 2 aromatic carbocycles. The fourth-order valence-corrected chi connectivity index (χ4v) is 2.47. The van der Waals surface area contributed by atoms with Crippen LogP contribution in [0.2, 0.25) is 0 Å². The lowest BCUT2D eigenvalue weighted by Gasteiger charge is -2.15. The highest BCUT2D eigenvalue weighted by atomic mass is 16.5. The molecule has 23 heavy (non-hydrogen) atoms. The second kappa shape index (κ2) is 5.88. The monoisotopic (exact) mass is 308 g/mol. The minimum absolute atomic E-state index is 0.175. The van der Waals surface area contributed by atoms with Crippen molar-refractivity contribution in [3.63, 3.8) is 0 Å². The molecule has 0 aliphatic heterocycles. The van der Waals surface area contributed by atoms with Gasteiger partial charge in [0.25, 0.3) is 0 Å². The van der Waals surface area contributed by atoms with E-state index in [1.807, 2.05) is 0 Å². The maximum Gasteiger partial charge on any atom is 0.139 e. The lowest BCUT2D eigenvalue weighted by molar-refractivity contribution is 0.418. The average Bonchev–Trinajstić information content (AvgIpc) is 2.56. The Kier molecular flexibility index (Phi) is 3.76. The van der Waals surface area contributed by atoms with Crippen LogP contribution in [0.3, 0.4) is 0 Å². The molecule has 5 heteroatoms. The molecule has 0 aliphatic rings. The third kappa shape index (κ3) is 2.76. The van der Waals surface area contributed by atoms with Gasteiger partial charge in [0.1, 0.15) is 23.1 Å². The molecule has 116 valence electrons. The summed E-state index contributed by atoms with van der Waals surface area (Å²) in [4.78, 5) is 4.26. The smallest absolute Gasteiger partial charge is 0.139 e. The summed E-state index contributed by atoms with van der Waals surface area (Å²) in [7, 11) is 1.57. The Balaban J connectivity index is 2.21. The first-order valence-electron chi connectivity index (χ1n) is 7.01. The predicted molar refractivity (Wildman–Crippen MR) is 89.4 cm³/mol. The Bertz CT molecular complexity index is 828. The van der Waals surface area contributed by atoms with Gasteiger partial charge in [-0.1, -0.05) is 24.3 Å². The number of phenols is 2. The third-order valence-electron chi connectivity index (χ3n) is 3.60. The number of nitrogens with zero attached hydrogens (tertiary/aromatic N) is 1. The van der Waals surface area contributed by atoms with Gasteiger partial charge in [0.05, 0.1) is 12.7 Å². The fraction of sp³-hybridized carbons (Fsp3) is 0.0556. The van der Waals surface area contributed by atoms with E-state index in [0.717, 1.165) is 16.7 Å². The molecule has 5 nitrogen and oxygen atoms in total. The van der Waals surface area contributed by atoms with Gasteiger partial charge in [0, 0.05) is 11.8 Å². The van der Waals surface area contributed by atoms with Crippen molar-refractivity contribution in [2.24, 2.45) is 0 Å². The first kappa shape index (κ1) is 14.7. The zero-order chi connectivity index (χ0) is 16.4. The zero-order valence-corrected chi connectivity index (χ0v) is 12.5. The van der Waals surface area contributed by atoms with Crippen LogP contribution in [0, 0.1) is 0 Å². The number of methoxy groups -OCH3 is 1. The number of hydrogen-bond acceptors (Lipinski definition) is 5. The van der Waals surface area contributed by atoms with Crippen LogP contribution >= 0.6 is 0 Å². The topological polar surface area (TPSA) is 88.6 Å². The number of rotatable bonds is 3. The molecule has 0 fully saturated rings. The molecule has 0 aliphatic carbocycles. The van der Waals surface area contributed by atoms with Gasteiger partial charge < -0.3 is 20.7 Å². The number of benzene rings is 2. The number of pyridine rings is 1. The summed E-state index contributed by atoms with van der Waals surface area (Å²) >= 11 is 0. The highest BCUT2D eigenvalue weighted by molar-refractivity contribution is 5.87. The van der Waals surface area contributed by atoms with Gasteiger partial charge in [-0.2, -0.15) is 0 Å². The Labute approximate surface area is 133 Å². The molecule has 0 saturated carbocycles. The van der Waals surface area contributed by atoms with Gasteiger partial charge in [-0.25, -0.2) is 4.98 Å². The van der Waals surface area contributed by atoms with Crippen LogP contribution in [-0.4, -0.2) is 22.3 Å². The average molecular weight is 308 g/mol. The van der Waals surface area contributed by atoms with Crippen LogP contribution in [-0.2, 0) is 0 Å². The van der Waals surface area contributed by atoms with Crippen molar-refractivity contribution >= 4 is 5.82 Å². The van der Waals surface area contributed by atoms with Gasteiger partial charge >= 0.3 is 0 Å². The van der Waals surface area contributed by atoms with Crippen molar-refractivity contribution in [2.45, 2.75) is 0 Å². The Morgan fingerprint density at radius 2 is 1.39 bits per heavy atom. The van der Waals surface area contributed by atoms with Gasteiger partial charge in [0.15, 0.2) is 0 Å². The molecule has 0 bridgehead atoms. The molecule has 3 aromatic rings. The van der Waals surface area contributed by atoms with E-state index < -0.39 is 0 Å². The molecule has 3 rings (SSSR count). The van der Waals surface area contributed by atoms with E-state index in [2.05, 4.69) is 4.98 Å². The van der Waals surface area contributed by atoms with E-state index in [1.165, 1.54) is 0 Å². The van der Waals surface area contributed by atoms with Crippen LogP contribution < -0.4 is 10.5 Å². The maximum atomic E-state index is 9.46. The van der Waals surface area contributed by atoms with Gasteiger partial charge in [-0.3, -0.25) is 0 Å². The van der Waals surface area contributed by atoms with Crippen LogP contribution in [0.15, 0.2) is 54.7 Å². The minimum Gasteiger partial charge on any atom is -0.508 e. The largest absolute Gasteiger partial charge is 0.508 e. The first-order valence-corrected chi connectivity index (χ1v) is 7.01. The SMILES string of the molecule is COc1c(-c2ccc(O)cc2)cnc(N)c1-c1ccc(O)cc1. The lowest BCUT2D eigenvalue weighted by Crippen LogP contribution is -2.00. The van der Waals surface area contributed by atoms with Crippen molar-refractivity contribution in [3.8, 4) is 39.5 Å². The van der Waals surface area contributed by atoms with E-state index in [1.54, 1.807) is 61.8 Å². The minimum atomic E-state index is 0.175. The third-order valence-corrected chi connectivity index (χ3v) is 3.60. The highest BCUT2D eigenvalue weighted by Gasteiger charge is 2.17. The van der Waals surface area contributed by atoms with Crippen molar-refractivity contribution in [3.05, 3.63) is 54.7 Å². The summed E-state index contributed by atoms with van der Waals surface area (Å²) in [5, 5.41) is 18.9. The number of nitrogens with two attached hydrogens (primary N) is 1. The number of hydrogen-bond donors (Lipinski definition) is 3. The second-order valence-corrected chi connectivity index (χ2v) is 5.06. The van der Waals surface area contributed by atoms with E-state index in [9.17, 15) is 10.2 Å². The van der Waals surface area contributed by atoms with Gasteiger partial charge in [-0.05, 0) is 35.4 Å². The highest BCUT2D eigenvalue weighted by Crippen LogP contribution is 2.41. The summed E-state index contributed by atoms with van der Waals surface area (Å²) in [6.07, 6.45) is 1.64. The molecule has 1 aromatic heterocycles. The number of nitrogen functional groups attached to an aromatic ring is 1. The first-order chi connectivity index (χ1) is 11.1. The van der Waals surface area contributed by atoms with Crippen molar-refractivity contribution in [1.82, 2.24) is 4.98 Å². The normalized spacial score (nSPS) is 10.5. The molecule has 1 heterocycles. The summed E-state index contributed by atoms with van der Waals surface area (Å²) in [5.41, 5.74) is 9.13. The molecule has 0 spiro atoms. The number of aromatic hydroxyl groups is 2. The quantitative estimate of drug-likeness (QED) is 0.690. The lowest BCUT2D eigenvalue weighted by atomic mass is 9.99. The molecular formula is C18H16N2O3. The summed E-state index contributed by atoms with van der Waals surface area (Å²) in [6, 6.07) is 13.5. The van der Waals surface area contributed by atoms with Crippen molar-refractivity contribution in [1.29, 1.82) is 0 Å². The molecule has 0 unspecified atom stereocenters. The van der Waals surface area contributed by atoms with Crippen LogP contribution in [0.1, 0.15) is 0 Å². The summed E-state index contributed by atoms with van der Waals surface area (Å²) in [6.45, 7) is 0. The number of anilines is 1. The van der Waals surface area contributed by atoms with Crippen LogP contribution in [0.5, 0.6) is 17.2 Å². The maximum absolute atomic E-state index is 9.46. The second-order valence-electron chi connectivity index (χ2n) is 5.06. The predicted octanol–water partition coefficient (Wildman–Crippen LogP) is 3.42. The summed E-state index contributed by atoms with van der Waals surface area (Å²) < 4.78 is 5.58. The van der Waals surface area contributed by atoms with E-state index in [4.69, 9.17) is 10.5 Å². The molecule has 0 amide bonds. The van der Waals surface area contributed by atoms with Crippen molar-refractivity contribution in [2.75, 3.05) is 12.8 Å². The number of aromatic nitrogens is 1. The standard InChI is InChI=1S/C18H16N2O3/c1-23-17-15(11-2-6-13(21)7-3-11)10-20-18(19)16(17)12-4-8-14(22)9-5-12/h2-10,21-22H,1H3,(H2,19,20). The van der Waals surface area contributed by atoms with E-state index in [0.29, 0.717) is 17.1 Å². The van der Waals surface area contributed by atoms with Gasteiger partial charge in [-0.15, -0.1) is 0 Å². The molecule has 0 radical (unpaired) electrons. The van der Waals surface area contributed by atoms with Crippen LogP contribution in [0.25, 0.3) is 22.3 Å². The fourth-order valence-electron chi connectivity index (χ4n) is 2.47. The molecular weight excluding hydrogens is 292 g/mol. The van der Waals surface area contributed by atoms with E-state index in [-0.39, 0.29) is 11.5 Å². The number of ether oxygens (including phenoxy) is 1. The zero-order valence-electron chi connectivity index (χ0n) is 12.5. The Hall–Kier alpha value is -3.21. The van der Waals surface area contributed by atoms with Gasteiger partial charge in [0.2, 0.25) is 0 Å². The van der Waals surface area contributed by atoms with Crippen LogP contribution in [0.4, 0.5) is 5.82 Å². The summed E-state index contributed by atoms with van der Waals surface area (Å²) in [5.74, 6) is 1.30. The Morgan fingerprint density at radius 1 is 0.870 bits per heavy atom. The van der Waals surface area contributed by atoms with E-state index >= 15 is 0 Å².